The number of halogens is 2. The van der Waals surface area contributed by atoms with E-state index in [1.54, 1.807) is 36.4 Å². The summed E-state index contributed by atoms with van der Waals surface area (Å²) in [7, 11) is 0. The van der Waals surface area contributed by atoms with Gasteiger partial charge in [-0.1, -0.05) is 54.1 Å². The van der Waals surface area contributed by atoms with E-state index in [1.165, 1.54) is 12.1 Å². The highest BCUT2D eigenvalue weighted by Gasteiger charge is 2.20. The Morgan fingerprint density at radius 1 is 0.833 bits per heavy atom. The van der Waals surface area contributed by atoms with Gasteiger partial charge in [0.15, 0.2) is 12.4 Å². The van der Waals surface area contributed by atoms with Crippen LogP contribution in [0.2, 0.25) is 0 Å². The summed E-state index contributed by atoms with van der Waals surface area (Å²) >= 11 is 0. The van der Waals surface area contributed by atoms with Crippen molar-refractivity contribution in [3.05, 3.63) is 101 Å². The van der Waals surface area contributed by atoms with Crippen molar-refractivity contribution in [1.29, 1.82) is 0 Å². The number of ketones is 1. The van der Waals surface area contributed by atoms with Gasteiger partial charge in [-0.3, -0.25) is 9.59 Å². The van der Waals surface area contributed by atoms with Gasteiger partial charge in [-0.15, -0.1) is 0 Å². The minimum atomic E-state index is -0.955. The number of anilines is 1. The molecule has 0 saturated carbocycles. The van der Waals surface area contributed by atoms with Gasteiger partial charge in [0, 0.05) is 11.1 Å². The van der Waals surface area contributed by atoms with Crippen LogP contribution in [-0.2, 0) is 9.53 Å². The van der Waals surface area contributed by atoms with E-state index in [-0.39, 0.29) is 16.9 Å². The number of esters is 1. The largest absolute Gasteiger partial charge is 0.452 e. The van der Waals surface area contributed by atoms with Crippen molar-refractivity contribution < 1.29 is 27.9 Å². The lowest BCUT2D eigenvalue weighted by molar-refractivity contribution is -0.119. The molecule has 3 rings (SSSR count). The maximum Gasteiger partial charge on any atom is 0.339 e. The molecular weight excluding hydrogens is 392 g/mol. The Labute approximate surface area is 171 Å². The normalized spacial score (nSPS) is 10.4. The topological polar surface area (TPSA) is 72.5 Å². The predicted octanol–water partition coefficient (Wildman–Crippen LogP) is 4.30. The first-order valence-corrected chi connectivity index (χ1v) is 8.98. The molecule has 1 N–H and O–H groups in total. The Kier molecular flexibility index (Phi) is 6.32. The molecule has 0 saturated heterocycles. The molecule has 0 aliphatic carbocycles. The summed E-state index contributed by atoms with van der Waals surface area (Å²) in [6, 6.07) is 16.0. The molecule has 30 heavy (non-hydrogen) atoms. The number of hydrogen-bond acceptors (Lipinski definition) is 4. The fourth-order valence-electron chi connectivity index (χ4n) is 2.72. The fourth-order valence-corrected chi connectivity index (χ4v) is 2.72. The highest BCUT2D eigenvalue weighted by Crippen LogP contribution is 2.19. The van der Waals surface area contributed by atoms with Crippen LogP contribution in [0.3, 0.4) is 0 Å². The molecule has 3 aromatic carbocycles. The molecule has 7 heteroatoms. The molecule has 5 nitrogen and oxygen atoms in total. The molecule has 0 atom stereocenters. The molecule has 152 valence electrons. The number of nitrogens with one attached hydrogen (secondary N) is 1. The Morgan fingerprint density at radius 3 is 2.07 bits per heavy atom. The maximum atomic E-state index is 13.6. The molecule has 0 aliphatic heterocycles. The number of hydrogen-bond donors (Lipinski definition) is 1. The van der Waals surface area contributed by atoms with Crippen LogP contribution in [0.1, 0.15) is 31.8 Å². The van der Waals surface area contributed by atoms with Gasteiger partial charge in [-0.25, -0.2) is 13.6 Å². The third kappa shape index (κ3) is 4.75. The zero-order valence-corrected chi connectivity index (χ0v) is 15.9. The molecule has 0 heterocycles. The van der Waals surface area contributed by atoms with Gasteiger partial charge in [0.1, 0.15) is 17.3 Å². The molecular formula is C23H17F2NO4. The van der Waals surface area contributed by atoms with Crippen molar-refractivity contribution in [2.45, 2.75) is 6.92 Å². The van der Waals surface area contributed by atoms with Gasteiger partial charge >= 0.3 is 5.97 Å². The lowest BCUT2D eigenvalue weighted by atomic mass is 9.98. The highest BCUT2D eigenvalue weighted by atomic mass is 19.1. The van der Waals surface area contributed by atoms with E-state index in [9.17, 15) is 23.2 Å². The second kappa shape index (κ2) is 9.09. The molecule has 1 amide bonds. The van der Waals surface area contributed by atoms with Crippen molar-refractivity contribution in [1.82, 2.24) is 0 Å². The van der Waals surface area contributed by atoms with Gasteiger partial charge in [-0.2, -0.15) is 0 Å². The number of aryl methyl sites for hydroxylation is 1. The number of carbonyl (C=O) groups is 3. The fraction of sp³-hybridized carbons (Fsp3) is 0.0870. The Balaban J connectivity index is 1.71. The second-order valence-corrected chi connectivity index (χ2v) is 6.46. The van der Waals surface area contributed by atoms with E-state index in [2.05, 4.69) is 0 Å². The van der Waals surface area contributed by atoms with E-state index in [0.29, 0.717) is 5.56 Å². The van der Waals surface area contributed by atoms with Gasteiger partial charge < -0.3 is 10.1 Å². The maximum absolute atomic E-state index is 13.6. The van der Waals surface area contributed by atoms with E-state index in [1.807, 2.05) is 12.2 Å². The van der Waals surface area contributed by atoms with Crippen molar-refractivity contribution in [3.63, 3.8) is 0 Å². The number of rotatable bonds is 6. The average Bonchev–Trinajstić information content (AvgIpc) is 2.75. The number of ether oxygens (including phenoxy) is 1. The van der Waals surface area contributed by atoms with Crippen LogP contribution in [0.4, 0.5) is 14.5 Å². The van der Waals surface area contributed by atoms with Crippen molar-refractivity contribution in [3.8, 4) is 0 Å². The number of amides is 1. The average molecular weight is 409 g/mol. The quantitative estimate of drug-likeness (QED) is 0.487. The van der Waals surface area contributed by atoms with Crippen LogP contribution < -0.4 is 5.32 Å². The molecule has 0 bridgehead atoms. The minimum absolute atomic E-state index is 0.0204. The molecule has 3 aromatic rings. The smallest absolute Gasteiger partial charge is 0.339 e. The molecule has 0 unspecified atom stereocenters. The number of para-hydroxylation sites is 1. The van der Waals surface area contributed by atoms with E-state index < -0.39 is 35.8 Å². The molecule has 0 spiro atoms. The molecule has 0 radical (unpaired) electrons. The van der Waals surface area contributed by atoms with Crippen molar-refractivity contribution in [2.24, 2.45) is 0 Å². The van der Waals surface area contributed by atoms with E-state index in [0.717, 1.165) is 23.8 Å². The van der Waals surface area contributed by atoms with Crippen LogP contribution >= 0.6 is 0 Å². The highest BCUT2D eigenvalue weighted by molar-refractivity contribution is 6.14. The van der Waals surface area contributed by atoms with E-state index in [4.69, 9.17) is 4.74 Å². The second-order valence-electron chi connectivity index (χ2n) is 6.46. The summed E-state index contributed by atoms with van der Waals surface area (Å²) in [5.41, 5.74) is 0.846. The van der Waals surface area contributed by atoms with Gasteiger partial charge in [0.25, 0.3) is 5.91 Å². The van der Waals surface area contributed by atoms with Gasteiger partial charge in [0.05, 0.1) is 5.56 Å². The zero-order chi connectivity index (χ0) is 21.7. The Morgan fingerprint density at radius 2 is 1.43 bits per heavy atom. The molecule has 0 fully saturated rings. The first-order chi connectivity index (χ1) is 14.4. The minimum Gasteiger partial charge on any atom is -0.452 e. The summed E-state index contributed by atoms with van der Waals surface area (Å²) in [6.45, 7) is 1.11. The SMILES string of the molecule is Cc1ccc(C(=O)c2ccccc2C(=O)OCC(=O)Nc2c(F)cccc2F)cc1. The first kappa shape index (κ1) is 20.9. The van der Waals surface area contributed by atoms with Crippen molar-refractivity contribution in [2.75, 3.05) is 11.9 Å². The summed E-state index contributed by atoms with van der Waals surface area (Å²) in [4.78, 5) is 37.1. The van der Waals surface area contributed by atoms with Crippen LogP contribution in [0.15, 0.2) is 66.7 Å². The lowest BCUT2D eigenvalue weighted by Gasteiger charge is -2.10. The summed E-state index contributed by atoms with van der Waals surface area (Å²) in [5, 5.41) is 2.02. The number of carbonyl (C=O) groups excluding carboxylic acids is 3. The Hall–Kier alpha value is -3.87. The van der Waals surface area contributed by atoms with Crippen LogP contribution in [-0.4, -0.2) is 24.3 Å². The summed E-state index contributed by atoms with van der Waals surface area (Å²) in [5.74, 6) is -4.11. The third-order valence-corrected chi connectivity index (χ3v) is 4.27. The Bertz CT molecular complexity index is 1090. The monoisotopic (exact) mass is 409 g/mol. The van der Waals surface area contributed by atoms with Crippen LogP contribution in [0, 0.1) is 18.6 Å². The van der Waals surface area contributed by atoms with Gasteiger partial charge in [-0.05, 0) is 25.1 Å². The molecule has 0 aromatic heterocycles. The third-order valence-electron chi connectivity index (χ3n) is 4.27. The molecule has 0 aliphatic rings. The summed E-state index contributed by atoms with van der Waals surface area (Å²) < 4.78 is 32.1. The van der Waals surface area contributed by atoms with Crippen LogP contribution in [0.5, 0.6) is 0 Å². The van der Waals surface area contributed by atoms with Crippen molar-refractivity contribution >= 4 is 23.3 Å². The van der Waals surface area contributed by atoms with Crippen LogP contribution in [0.25, 0.3) is 0 Å². The van der Waals surface area contributed by atoms with Gasteiger partial charge in [0.2, 0.25) is 0 Å². The van der Waals surface area contributed by atoms with E-state index >= 15 is 0 Å². The first-order valence-electron chi connectivity index (χ1n) is 8.98. The predicted molar refractivity (Wildman–Crippen MR) is 106 cm³/mol. The standard InChI is InChI=1S/C23H17F2NO4/c1-14-9-11-15(12-10-14)22(28)16-5-2-3-6-17(16)23(29)30-13-20(27)26-21-18(24)7-4-8-19(21)25/h2-12H,13H2,1H3,(H,26,27). The zero-order valence-electron chi connectivity index (χ0n) is 15.9. The lowest BCUT2D eigenvalue weighted by Crippen LogP contribution is -2.23. The number of benzene rings is 3. The summed E-state index contributed by atoms with van der Waals surface area (Å²) in [6.07, 6.45) is 0.